The number of alkyl halides is 3. The average Bonchev–Trinajstić information content (AvgIpc) is 3.04. The Kier molecular flexibility index (Phi) is 4.22. The summed E-state index contributed by atoms with van der Waals surface area (Å²) < 4.78 is 40.3. The molecule has 0 bridgehead atoms. The zero-order chi connectivity index (χ0) is 15.7. The lowest BCUT2D eigenvalue weighted by Gasteiger charge is -2.26. The number of fused-ring (bicyclic) bond motifs is 1. The van der Waals surface area contributed by atoms with Crippen molar-refractivity contribution < 1.29 is 13.2 Å². The van der Waals surface area contributed by atoms with Gasteiger partial charge in [-0.3, -0.25) is 0 Å². The van der Waals surface area contributed by atoms with Gasteiger partial charge in [-0.05, 0) is 25.5 Å². The van der Waals surface area contributed by atoms with Crippen LogP contribution in [0.5, 0.6) is 0 Å². The maximum absolute atomic E-state index is 12.9. The van der Waals surface area contributed by atoms with Crippen LogP contribution in [0.25, 0.3) is 0 Å². The number of thiophene rings is 1. The van der Waals surface area contributed by atoms with Crippen molar-refractivity contribution in [3.63, 3.8) is 0 Å². The van der Waals surface area contributed by atoms with Gasteiger partial charge in [0.15, 0.2) is 0 Å². The quantitative estimate of drug-likeness (QED) is 0.937. The van der Waals surface area contributed by atoms with Crippen molar-refractivity contribution in [2.24, 2.45) is 5.92 Å². The highest BCUT2D eigenvalue weighted by Gasteiger charge is 2.42. The summed E-state index contributed by atoms with van der Waals surface area (Å²) in [4.78, 5) is 2.44. The minimum atomic E-state index is -4.15. The molecule has 0 amide bonds. The molecule has 0 aliphatic carbocycles. The number of hydrogen-bond acceptors (Lipinski definition) is 4. The molecule has 0 unspecified atom stereocenters. The van der Waals surface area contributed by atoms with E-state index in [0.717, 1.165) is 0 Å². The summed E-state index contributed by atoms with van der Waals surface area (Å²) in [6, 6.07) is 4.10. The summed E-state index contributed by atoms with van der Waals surface area (Å²) in [5.74, 6) is -0.0591. The molecule has 1 atom stereocenters. The molecule has 22 heavy (non-hydrogen) atoms. The molecule has 1 aliphatic rings. The van der Waals surface area contributed by atoms with Crippen molar-refractivity contribution in [1.29, 1.82) is 0 Å². The van der Waals surface area contributed by atoms with Crippen molar-refractivity contribution in [3.05, 3.63) is 33.5 Å². The summed E-state index contributed by atoms with van der Waals surface area (Å²) in [6.07, 6.45) is -3.72. The van der Waals surface area contributed by atoms with E-state index in [9.17, 15) is 13.2 Å². The van der Waals surface area contributed by atoms with Crippen LogP contribution in [0.4, 0.5) is 13.2 Å². The molecule has 2 aromatic rings. The second kappa shape index (κ2) is 6.00. The summed E-state index contributed by atoms with van der Waals surface area (Å²) in [6.45, 7) is 3.08. The van der Waals surface area contributed by atoms with Gasteiger partial charge in [-0.2, -0.15) is 13.2 Å². The van der Waals surface area contributed by atoms with Crippen LogP contribution in [0.15, 0.2) is 12.1 Å². The monoisotopic (exact) mass is 330 g/mol. The first kappa shape index (κ1) is 15.5. The Bertz CT molecular complexity index is 647. The van der Waals surface area contributed by atoms with Crippen LogP contribution in [0, 0.1) is 12.8 Å². The first-order chi connectivity index (χ1) is 10.4. The molecular formula is C14H17F3N4S. The molecule has 0 fully saturated rings. The normalized spacial score (nSPS) is 18.5. The second-order valence-electron chi connectivity index (χ2n) is 5.54. The van der Waals surface area contributed by atoms with E-state index >= 15 is 0 Å². The second-order valence-corrected chi connectivity index (χ2v) is 6.91. The fourth-order valence-corrected chi connectivity index (χ4v) is 3.52. The van der Waals surface area contributed by atoms with E-state index in [0.29, 0.717) is 31.2 Å². The van der Waals surface area contributed by atoms with Gasteiger partial charge in [0.25, 0.3) is 0 Å². The Morgan fingerprint density at radius 1 is 1.32 bits per heavy atom. The van der Waals surface area contributed by atoms with Crippen molar-refractivity contribution in [2.75, 3.05) is 0 Å². The topological polar surface area (TPSA) is 42.7 Å². The third kappa shape index (κ3) is 3.33. The SMILES string of the molecule is Cc1ccc(CNCc2nnc3n2C[C@H](C(F)(F)F)CC3)s1. The maximum atomic E-state index is 12.9. The molecule has 4 nitrogen and oxygen atoms in total. The fraction of sp³-hybridized carbons (Fsp3) is 0.571. The van der Waals surface area contributed by atoms with E-state index in [1.165, 1.54) is 9.75 Å². The Balaban J connectivity index is 1.63. The summed E-state index contributed by atoms with van der Waals surface area (Å²) in [7, 11) is 0. The van der Waals surface area contributed by atoms with Gasteiger partial charge >= 0.3 is 6.18 Å². The Labute approximate surface area is 130 Å². The van der Waals surface area contributed by atoms with Gasteiger partial charge in [-0.15, -0.1) is 21.5 Å². The van der Waals surface area contributed by atoms with Gasteiger partial charge in [0, 0.05) is 29.3 Å². The zero-order valence-electron chi connectivity index (χ0n) is 12.2. The molecule has 8 heteroatoms. The summed E-state index contributed by atoms with van der Waals surface area (Å²) in [5, 5.41) is 11.3. The Morgan fingerprint density at radius 2 is 2.14 bits per heavy atom. The number of rotatable bonds is 4. The van der Waals surface area contributed by atoms with Crippen LogP contribution in [0.1, 0.15) is 27.8 Å². The van der Waals surface area contributed by atoms with Crippen LogP contribution in [-0.2, 0) is 26.1 Å². The van der Waals surface area contributed by atoms with Crippen LogP contribution in [0.2, 0.25) is 0 Å². The van der Waals surface area contributed by atoms with Crippen molar-refractivity contribution >= 4 is 11.3 Å². The minimum absolute atomic E-state index is 0.0685. The highest BCUT2D eigenvalue weighted by atomic mass is 32.1. The predicted octanol–water partition coefficient (Wildman–Crippen LogP) is 3.06. The number of nitrogens with zero attached hydrogens (tertiary/aromatic N) is 3. The van der Waals surface area contributed by atoms with Gasteiger partial charge in [-0.25, -0.2) is 0 Å². The molecule has 120 valence electrons. The van der Waals surface area contributed by atoms with E-state index in [1.807, 2.05) is 13.0 Å². The molecule has 1 N–H and O–H groups in total. The van der Waals surface area contributed by atoms with Crippen molar-refractivity contribution in [3.8, 4) is 0 Å². The third-order valence-corrected chi connectivity index (χ3v) is 4.87. The molecule has 3 heterocycles. The number of hydrogen-bond donors (Lipinski definition) is 1. The van der Waals surface area contributed by atoms with Crippen LogP contribution >= 0.6 is 11.3 Å². The number of aromatic nitrogens is 3. The van der Waals surface area contributed by atoms with E-state index in [2.05, 4.69) is 21.6 Å². The van der Waals surface area contributed by atoms with Crippen molar-refractivity contribution in [2.45, 2.75) is 45.6 Å². The maximum Gasteiger partial charge on any atom is 0.393 e. The zero-order valence-corrected chi connectivity index (χ0v) is 13.0. The van der Waals surface area contributed by atoms with E-state index in [4.69, 9.17) is 0 Å². The molecule has 3 rings (SSSR count). The van der Waals surface area contributed by atoms with Crippen molar-refractivity contribution in [1.82, 2.24) is 20.1 Å². The fourth-order valence-electron chi connectivity index (χ4n) is 2.66. The summed E-state index contributed by atoms with van der Waals surface area (Å²) >= 11 is 1.70. The smallest absolute Gasteiger partial charge is 0.313 e. The van der Waals surface area contributed by atoms with Gasteiger partial charge < -0.3 is 9.88 Å². The molecule has 2 aromatic heterocycles. The van der Waals surface area contributed by atoms with Crippen LogP contribution in [-0.4, -0.2) is 20.9 Å². The Morgan fingerprint density at radius 3 is 2.82 bits per heavy atom. The lowest BCUT2D eigenvalue weighted by molar-refractivity contribution is -0.182. The minimum Gasteiger partial charge on any atom is -0.313 e. The van der Waals surface area contributed by atoms with E-state index in [-0.39, 0.29) is 13.0 Å². The lowest BCUT2D eigenvalue weighted by atomic mass is 9.99. The van der Waals surface area contributed by atoms with Gasteiger partial charge in [0.1, 0.15) is 11.6 Å². The largest absolute Gasteiger partial charge is 0.393 e. The lowest BCUT2D eigenvalue weighted by Crippen LogP contribution is -2.33. The average molecular weight is 330 g/mol. The van der Waals surface area contributed by atoms with E-state index in [1.54, 1.807) is 15.9 Å². The number of aryl methyl sites for hydroxylation is 2. The highest BCUT2D eigenvalue weighted by Crippen LogP contribution is 2.34. The molecule has 0 saturated heterocycles. The van der Waals surface area contributed by atoms with Gasteiger partial charge in [0.05, 0.1) is 12.5 Å². The number of halogens is 3. The van der Waals surface area contributed by atoms with E-state index < -0.39 is 12.1 Å². The molecule has 0 radical (unpaired) electrons. The third-order valence-electron chi connectivity index (χ3n) is 3.86. The standard InChI is InChI=1S/C14H17F3N4S/c1-9-2-4-11(22-9)6-18-7-13-20-19-12-5-3-10(8-21(12)13)14(15,16)17/h2,4,10,18H,3,5-8H2,1H3/t10-/m1/s1. The molecule has 0 aromatic carbocycles. The highest BCUT2D eigenvalue weighted by molar-refractivity contribution is 7.11. The predicted molar refractivity (Wildman–Crippen MR) is 77.5 cm³/mol. The molecular weight excluding hydrogens is 313 g/mol. The van der Waals surface area contributed by atoms with Gasteiger partial charge in [0.2, 0.25) is 0 Å². The summed E-state index contributed by atoms with van der Waals surface area (Å²) in [5.41, 5.74) is 0. The van der Waals surface area contributed by atoms with Gasteiger partial charge in [-0.1, -0.05) is 0 Å². The van der Waals surface area contributed by atoms with Crippen LogP contribution < -0.4 is 5.32 Å². The first-order valence-electron chi connectivity index (χ1n) is 7.17. The Hall–Kier alpha value is -1.41. The molecule has 1 aliphatic heterocycles. The number of nitrogens with one attached hydrogen (secondary N) is 1. The molecule has 0 saturated carbocycles. The first-order valence-corrected chi connectivity index (χ1v) is 7.99. The van der Waals surface area contributed by atoms with Crippen LogP contribution in [0.3, 0.4) is 0 Å². The molecule has 0 spiro atoms.